The topological polar surface area (TPSA) is 91.9 Å². The van der Waals surface area contributed by atoms with Gasteiger partial charge in [0.2, 0.25) is 6.79 Å². The summed E-state index contributed by atoms with van der Waals surface area (Å²) in [6.07, 6.45) is 0. The molecule has 2 aliphatic rings. The van der Waals surface area contributed by atoms with Gasteiger partial charge in [0, 0.05) is 36.1 Å². The van der Waals surface area contributed by atoms with Crippen LogP contribution in [0.1, 0.15) is 5.56 Å². The number of fused-ring (bicyclic) bond motifs is 1. The van der Waals surface area contributed by atoms with Gasteiger partial charge >= 0.3 is 12.1 Å². The van der Waals surface area contributed by atoms with Gasteiger partial charge in [-0.1, -0.05) is 11.8 Å². The highest BCUT2D eigenvalue weighted by Crippen LogP contribution is 2.34. The Morgan fingerprint density at radius 2 is 1.96 bits per heavy atom. The molecule has 0 aromatic heterocycles. The van der Waals surface area contributed by atoms with Gasteiger partial charge in [-0.05, 0) is 36.4 Å². The van der Waals surface area contributed by atoms with Crippen molar-refractivity contribution in [1.82, 2.24) is 10.6 Å². The predicted octanol–water partition coefficient (Wildman–Crippen LogP) is 2.12. The molecule has 8 nitrogen and oxygen atoms in total. The molecule has 28 heavy (non-hydrogen) atoms. The molecule has 4 rings (SSSR count). The van der Waals surface area contributed by atoms with Crippen LogP contribution in [0.25, 0.3) is 0 Å². The Hall–Kier alpha value is -3.86. The number of urea groups is 2. The van der Waals surface area contributed by atoms with Crippen molar-refractivity contribution in [3.63, 3.8) is 0 Å². The molecule has 0 spiro atoms. The molecule has 0 saturated carbocycles. The molecular formula is C20H18N4O4. The third-order valence-corrected chi connectivity index (χ3v) is 4.24. The average molecular weight is 378 g/mol. The van der Waals surface area contributed by atoms with Crippen LogP contribution in [0.15, 0.2) is 42.5 Å². The summed E-state index contributed by atoms with van der Waals surface area (Å²) in [7, 11) is 0. The summed E-state index contributed by atoms with van der Waals surface area (Å²) in [5.41, 5.74) is 2.25. The minimum atomic E-state index is -0.358. The van der Waals surface area contributed by atoms with Gasteiger partial charge in [-0.3, -0.25) is 4.90 Å². The van der Waals surface area contributed by atoms with E-state index in [1.807, 2.05) is 24.3 Å². The highest BCUT2D eigenvalue weighted by Gasteiger charge is 2.20. The molecule has 2 aliphatic heterocycles. The summed E-state index contributed by atoms with van der Waals surface area (Å²) in [6.45, 7) is 1.70. The monoisotopic (exact) mass is 378 g/mol. The van der Waals surface area contributed by atoms with E-state index >= 15 is 0 Å². The molecule has 4 amide bonds. The van der Waals surface area contributed by atoms with Crippen LogP contribution in [0.5, 0.6) is 11.5 Å². The second-order valence-corrected chi connectivity index (χ2v) is 6.11. The average Bonchev–Trinajstić information content (AvgIpc) is 3.34. The molecule has 0 atom stereocenters. The van der Waals surface area contributed by atoms with Gasteiger partial charge in [-0.25, -0.2) is 9.59 Å². The molecule has 1 saturated heterocycles. The molecule has 8 heteroatoms. The summed E-state index contributed by atoms with van der Waals surface area (Å²) in [6, 6.07) is 12.1. The molecule has 3 N–H and O–H groups in total. The molecule has 0 unspecified atom stereocenters. The van der Waals surface area contributed by atoms with Crippen molar-refractivity contribution in [2.75, 3.05) is 36.6 Å². The highest BCUT2D eigenvalue weighted by atomic mass is 16.7. The fourth-order valence-electron chi connectivity index (χ4n) is 2.86. The Morgan fingerprint density at radius 3 is 2.75 bits per heavy atom. The summed E-state index contributed by atoms with van der Waals surface area (Å²) in [5, 5.41) is 8.15. The van der Waals surface area contributed by atoms with Gasteiger partial charge in [-0.2, -0.15) is 0 Å². The van der Waals surface area contributed by atoms with Crippen LogP contribution in [0.4, 0.5) is 21.0 Å². The maximum absolute atomic E-state index is 11.9. The first-order valence-corrected chi connectivity index (χ1v) is 8.78. The van der Waals surface area contributed by atoms with Crippen LogP contribution < -0.4 is 30.3 Å². The number of hydrogen-bond donors (Lipinski definition) is 3. The first-order valence-electron chi connectivity index (χ1n) is 8.78. The zero-order valence-corrected chi connectivity index (χ0v) is 15.0. The fourth-order valence-corrected chi connectivity index (χ4v) is 2.86. The molecular weight excluding hydrogens is 360 g/mol. The van der Waals surface area contributed by atoms with Gasteiger partial charge in [0.25, 0.3) is 0 Å². The third-order valence-electron chi connectivity index (χ3n) is 4.24. The molecule has 0 radical (unpaired) electrons. The largest absolute Gasteiger partial charge is 0.454 e. The fraction of sp³-hybridized carbons (Fsp3) is 0.200. The summed E-state index contributed by atoms with van der Waals surface area (Å²) in [4.78, 5) is 25.3. The number of carbonyl (C=O) groups is 2. The number of amides is 4. The zero-order chi connectivity index (χ0) is 19.3. The van der Waals surface area contributed by atoms with Crippen molar-refractivity contribution in [2.24, 2.45) is 0 Å². The Bertz CT molecular complexity index is 962. The maximum atomic E-state index is 11.9. The van der Waals surface area contributed by atoms with E-state index in [9.17, 15) is 9.59 Å². The highest BCUT2D eigenvalue weighted by molar-refractivity contribution is 5.94. The van der Waals surface area contributed by atoms with Crippen molar-refractivity contribution in [3.8, 4) is 23.3 Å². The predicted molar refractivity (Wildman–Crippen MR) is 104 cm³/mol. The number of nitrogens with zero attached hydrogens (tertiary/aromatic N) is 1. The number of ether oxygens (including phenoxy) is 2. The number of carbonyl (C=O) groups excluding carboxylic acids is 2. The van der Waals surface area contributed by atoms with Gasteiger partial charge in [0.05, 0.1) is 6.54 Å². The van der Waals surface area contributed by atoms with Gasteiger partial charge in [0.15, 0.2) is 11.5 Å². The lowest BCUT2D eigenvalue weighted by Gasteiger charge is -2.13. The van der Waals surface area contributed by atoms with E-state index < -0.39 is 0 Å². The quantitative estimate of drug-likeness (QED) is 0.714. The molecule has 2 aromatic carbocycles. The Morgan fingerprint density at radius 1 is 1.14 bits per heavy atom. The smallest absolute Gasteiger partial charge is 0.321 e. The lowest BCUT2D eigenvalue weighted by molar-refractivity contribution is 0.174. The van der Waals surface area contributed by atoms with E-state index in [-0.39, 0.29) is 25.4 Å². The Labute approximate surface area is 161 Å². The minimum Gasteiger partial charge on any atom is -0.454 e. The first kappa shape index (κ1) is 17.5. The van der Waals surface area contributed by atoms with E-state index in [1.54, 1.807) is 23.1 Å². The van der Waals surface area contributed by atoms with Crippen LogP contribution in [-0.4, -0.2) is 38.5 Å². The van der Waals surface area contributed by atoms with Crippen LogP contribution in [0.2, 0.25) is 0 Å². The summed E-state index contributed by atoms with van der Waals surface area (Å²) >= 11 is 0. The zero-order valence-electron chi connectivity index (χ0n) is 15.0. The standard InChI is InChI=1S/C20H18N4O4/c25-19(23-15-5-8-17-18(12-15)28-13-27-17)21-9-1-2-14-3-6-16(7-4-14)24-11-10-22-20(24)26/h3-8,12H,9-11,13H2,(H,22,26)(H2,21,23,25). The van der Waals surface area contributed by atoms with Crippen LogP contribution in [0, 0.1) is 11.8 Å². The molecule has 1 fully saturated rings. The van der Waals surface area contributed by atoms with E-state index in [1.165, 1.54) is 0 Å². The molecule has 2 aromatic rings. The number of rotatable bonds is 3. The number of benzene rings is 2. The second-order valence-electron chi connectivity index (χ2n) is 6.11. The van der Waals surface area contributed by atoms with Crippen molar-refractivity contribution < 1.29 is 19.1 Å². The van der Waals surface area contributed by atoms with Crippen LogP contribution >= 0.6 is 0 Å². The SMILES string of the molecule is O=C(NCC#Cc1ccc(N2CCNC2=O)cc1)Nc1ccc2c(c1)OCO2. The van der Waals surface area contributed by atoms with E-state index in [0.717, 1.165) is 11.3 Å². The van der Waals surface area contributed by atoms with E-state index in [0.29, 0.717) is 30.3 Å². The first-order chi connectivity index (χ1) is 13.7. The Balaban J connectivity index is 1.26. The second kappa shape index (κ2) is 7.80. The summed E-state index contributed by atoms with van der Waals surface area (Å²) < 4.78 is 10.5. The van der Waals surface area contributed by atoms with Gasteiger partial charge in [0.1, 0.15) is 0 Å². The summed E-state index contributed by atoms with van der Waals surface area (Å²) in [5.74, 6) is 7.14. The van der Waals surface area contributed by atoms with Crippen molar-refractivity contribution in [2.45, 2.75) is 0 Å². The van der Waals surface area contributed by atoms with Crippen molar-refractivity contribution in [1.29, 1.82) is 0 Å². The normalized spacial score (nSPS) is 14.1. The van der Waals surface area contributed by atoms with Crippen LogP contribution in [-0.2, 0) is 0 Å². The number of nitrogens with one attached hydrogen (secondary N) is 3. The lowest BCUT2D eigenvalue weighted by atomic mass is 10.2. The van der Waals surface area contributed by atoms with E-state index in [4.69, 9.17) is 9.47 Å². The molecule has 2 heterocycles. The third kappa shape index (κ3) is 3.94. The van der Waals surface area contributed by atoms with Crippen LogP contribution in [0.3, 0.4) is 0 Å². The van der Waals surface area contributed by atoms with E-state index in [2.05, 4.69) is 27.8 Å². The minimum absolute atomic E-state index is 0.0866. The number of anilines is 2. The molecule has 0 aliphatic carbocycles. The van der Waals surface area contributed by atoms with Crippen molar-refractivity contribution in [3.05, 3.63) is 48.0 Å². The Kier molecular flexibility index (Phi) is 4.89. The lowest BCUT2D eigenvalue weighted by Crippen LogP contribution is -2.28. The van der Waals surface area contributed by atoms with Gasteiger partial charge < -0.3 is 25.4 Å². The molecule has 142 valence electrons. The maximum Gasteiger partial charge on any atom is 0.321 e. The molecule has 0 bridgehead atoms. The van der Waals surface area contributed by atoms with Gasteiger partial charge in [-0.15, -0.1) is 0 Å². The number of hydrogen-bond acceptors (Lipinski definition) is 4. The van der Waals surface area contributed by atoms with Crippen molar-refractivity contribution >= 4 is 23.4 Å².